The van der Waals surface area contributed by atoms with E-state index in [1.807, 2.05) is 0 Å². The van der Waals surface area contributed by atoms with Crippen molar-refractivity contribution < 1.29 is 19.5 Å². The third-order valence-corrected chi connectivity index (χ3v) is 2.84. The normalized spacial score (nSPS) is 10.8. The second-order valence-electron chi connectivity index (χ2n) is 5.19. The molecule has 1 rings (SSSR count). The Morgan fingerprint density at radius 1 is 1.19 bits per heavy atom. The highest BCUT2D eigenvalue weighted by Gasteiger charge is 2.23. The molecule has 0 aromatic heterocycles. The van der Waals surface area contributed by atoms with Gasteiger partial charge in [-0.1, -0.05) is 11.6 Å². The van der Waals surface area contributed by atoms with Crippen molar-refractivity contribution in [3.63, 3.8) is 0 Å². The maximum atomic E-state index is 11.8. The molecule has 0 radical (unpaired) electrons. The number of benzene rings is 1. The van der Waals surface area contributed by atoms with E-state index in [-0.39, 0.29) is 13.0 Å². The van der Waals surface area contributed by atoms with Crippen molar-refractivity contribution in [3.8, 4) is 0 Å². The molecule has 7 heteroatoms. The van der Waals surface area contributed by atoms with Crippen LogP contribution in [0.25, 0.3) is 0 Å². The Bertz CT molecular complexity index is 540. The summed E-state index contributed by atoms with van der Waals surface area (Å²) in [5.74, 6) is -1.87. The summed E-state index contributed by atoms with van der Waals surface area (Å²) in [5.41, 5.74) is -0.495. The lowest BCUT2D eigenvalue weighted by molar-refractivity contribution is -0.138. The van der Waals surface area contributed by atoms with Gasteiger partial charge in [-0.25, -0.2) is 0 Å². The number of hydrogen-bond donors (Lipinski definition) is 3. The average molecular weight is 313 g/mol. The van der Waals surface area contributed by atoms with Gasteiger partial charge in [0, 0.05) is 16.1 Å². The minimum atomic E-state index is -1.01. The molecule has 6 nitrogen and oxygen atoms in total. The highest BCUT2D eigenvalue weighted by molar-refractivity contribution is 6.30. The van der Waals surface area contributed by atoms with Crippen LogP contribution in [0.2, 0.25) is 5.02 Å². The number of carboxylic acid groups (broad SMARTS) is 1. The first-order valence-electron chi connectivity index (χ1n) is 6.26. The molecule has 0 aliphatic rings. The second-order valence-corrected chi connectivity index (χ2v) is 5.63. The summed E-state index contributed by atoms with van der Waals surface area (Å²) in [7, 11) is 0. The standard InChI is InChI=1S/C14H17ClN2O4/c1-14(2,7-12(19)20)17-11(18)8-16-13(21)9-3-5-10(15)6-4-9/h3-6H,7-8H2,1-2H3,(H,16,21)(H,17,18)(H,19,20). The number of amides is 2. The summed E-state index contributed by atoms with van der Waals surface area (Å²) in [6.07, 6.45) is -0.204. The molecule has 21 heavy (non-hydrogen) atoms. The van der Waals surface area contributed by atoms with E-state index in [2.05, 4.69) is 10.6 Å². The first kappa shape index (κ1) is 17.0. The van der Waals surface area contributed by atoms with E-state index in [0.29, 0.717) is 10.6 Å². The van der Waals surface area contributed by atoms with Crippen LogP contribution in [0, 0.1) is 0 Å². The zero-order valence-electron chi connectivity index (χ0n) is 11.8. The summed E-state index contributed by atoms with van der Waals surface area (Å²) < 4.78 is 0. The zero-order chi connectivity index (χ0) is 16.0. The summed E-state index contributed by atoms with van der Waals surface area (Å²) in [5, 5.41) is 14.2. The Morgan fingerprint density at radius 3 is 2.29 bits per heavy atom. The quantitative estimate of drug-likeness (QED) is 0.740. The molecule has 0 unspecified atom stereocenters. The van der Waals surface area contributed by atoms with Crippen molar-refractivity contribution in [2.24, 2.45) is 0 Å². The van der Waals surface area contributed by atoms with Crippen molar-refractivity contribution in [3.05, 3.63) is 34.9 Å². The van der Waals surface area contributed by atoms with Crippen LogP contribution in [0.4, 0.5) is 0 Å². The smallest absolute Gasteiger partial charge is 0.305 e. The van der Waals surface area contributed by atoms with E-state index >= 15 is 0 Å². The van der Waals surface area contributed by atoms with Crippen LogP contribution in [0.3, 0.4) is 0 Å². The number of carboxylic acids is 1. The summed E-state index contributed by atoms with van der Waals surface area (Å²) in [4.78, 5) is 34.1. The highest BCUT2D eigenvalue weighted by Crippen LogP contribution is 2.09. The molecule has 1 aromatic carbocycles. The van der Waals surface area contributed by atoms with E-state index in [1.165, 1.54) is 0 Å². The van der Waals surface area contributed by atoms with Crippen molar-refractivity contribution >= 4 is 29.4 Å². The summed E-state index contributed by atoms with van der Waals surface area (Å²) >= 11 is 5.71. The van der Waals surface area contributed by atoms with Gasteiger partial charge in [-0.2, -0.15) is 0 Å². The molecule has 0 aliphatic carbocycles. The van der Waals surface area contributed by atoms with E-state index in [1.54, 1.807) is 38.1 Å². The lowest BCUT2D eigenvalue weighted by atomic mass is 10.0. The van der Waals surface area contributed by atoms with Crippen molar-refractivity contribution in [1.82, 2.24) is 10.6 Å². The lowest BCUT2D eigenvalue weighted by Gasteiger charge is -2.24. The van der Waals surface area contributed by atoms with Crippen LogP contribution in [-0.2, 0) is 9.59 Å². The van der Waals surface area contributed by atoms with Crippen LogP contribution in [0.1, 0.15) is 30.6 Å². The zero-order valence-corrected chi connectivity index (χ0v) is 12.5. The van der Waals surface area contributed by atoms with Gasteiger partial charge in [0.2, 0.25) is 5.91 Å². The van der Waals surface area contributed by atoms with Gasteiger partial charge in [0.05, 0.1) is 13.0 Å². The molecule has 1 aromatic rings. The van der Waals surface area contributed by atoms with E-state index in [9.17, 15) is 14.4 Å². The number of nitrogens with one attached hydrogen (secondary N) is 2. The number of carbonyl (C=O) groups is 3. The maximum absolute atomic E-state index is 11.8. The fraction of sp³-hybridized carbons (Fsp3) is 0.357. The van der Waals surface area contributed by atoms with Gasteiger partial charge >= 0.3 is 5.97 Å². The Kier molecular flexibility index (Phi) is 5.72. The Labute approximate surface area is 127 Å². The molecule has 0 aliphatic heterocycles. The van der Waals surface area contributed by atoms with Gasteiger partial charge in [-0.15, -0.1) is 0 Å². The van der Waals surface area contributed by atoms with Crippen molar-refractivity contribution in [2.45, 2.75) is 25.8 Å². The third-order valence-electron chi connectivity index (χ3n) is 2.59. The second kappa shape index (κ2) is 7.08. The molecule has 0 heterocycles. The predicted octanol–water partition coefficient (Wildman–Crippen LogP) is 1.44. The number of carbonyl (C=O) groups excluding carboxylic acids is 2. The van der Waals surface area contributed by atoms with Crippen LogP contribution in [0.5, 0.6) is 0 Å². The number of hydrogen-bond acceptors (Lipinski definition) is 3. The van der Waals surface area contributed by atoms with Crippen LogP contribution < -0.4 is 10.6 Å². The van der Waals surface area contributed by atoms with Gasteiger partial charge in [0.1, 0.15) is 0 Å². The van der Waals surface area contributed by atoms with E-state index in [4.69, 9.17) is 16.7 Å². The molecule has 0 bridgehead atoms. The van der Waals surface area contributed by atoms with E-state index in [0.717, 1.165) is 0 Å². The molecule has 0 fully saturated rings. The summed E-state index contributed by atoms with van der Waals surface area (Å²) in [6, 6.07) is 6.24. The number of halogens is 1. The predicted molar refractivity (Wildman–Crippen MR) is 78.3 cm³/mol. The molecular formula is C14H17ClN2O4. The Hall–Kier alpha value is -2.08. The molecule has 0 saturated carbocycles. The van der Waals surface area contributed by atoms with Crippen LogP contribution >= 0.6 is 11.6 Å². The van der Waals surface area contributed by atoms with Gasteiger partial charge in [-0.05, 0) is 38.1 Å². The summed E-state index contributed by atoms with van der Waals surface area (Å²) in [6.45, 7) is 2.96. The molecule has 114 valence electrons. The van der Waals surface area contributed by atoms with Crippen molar-refractivity contribution in [2.75, 3.05) is 6.54 Å². The van der Waals surface area contributed by atoms with Gasteiger partial charge in [0.25, 0.3) is 5.91 Å². The Morgan fingerprint density at radius 2 is 1.76 bits per heavy atom. The monoisotopic (exact) mass is 312 g/mol. The van der Waals surface area contributed by atoms with Crippen molar-refractivity contribution in [1.29, 1.82) is 0 Å². The Balaban J connectivity index is 2.47. The molecule has 2 amide bonds. The first-order chi connectivity index (χ1) is 9.69. The van der Waals surface area contributed by atoms with Gasteiger partial charge in [-0.3, -0.25) is 14.4 Å². The first-order valence-corrected chi connectivity index (χ1v) is 6.64. The third kappa shape index (κ3) is 6.27. The topological polar surface area (TPSA) is 95.5 Å². The van der Waals surface area contributed by atoms with Gasteiger partial charge < -0.3 is 15.7 Å². The molecular weight excluding hydrogens is 296 g/mol. The SMILES string of the molecule is CC(C)(CC(=O)O)NC(=O)CNC(=O)c1ccc(Cl)cc1. The fourth-order valence-electron chi connectivity index (χ4n) is 1.71. The minimum absolute atomic E-state index is 0.204. The molecule has 0 spiro atoms. The highest BCUT2D eigenvalue weighted by atomic mass is 35.5. The lowest BCUT2D eigenvalue weighted by Crippen LogP contribution is -2.48. The molecule has 3 N–H and O–H groups in total. The largest absolute Gasteiger partial charge is 0.481 e. The van der Waals surface area contributed by atoms with E-state index < -0.39 is 23.3 Å². The molecule has 0 atom stereocenters. The minimum Gasteiger partial charge on any atom is -0.481 e. The van der Waals surface area contributed by atoms with Gasteiger partial charge in [0.15, 0.2) is 0 Å². The average Bonchev–Trinajstić information content (AvgIpc) is 2.34. The van der Waals surface area contributed by atoms with Crippen LogP contribution in [0.15, 0.2) is 24.3 Å². The number of rotatable bonds is 6. The molecule has 0 saturated heterocycles. The van der Waals surface area contributed by atoms with Crippen LogP contribution in [-0.4, -0.2) is 35.0 Å². The maximum Gasteiger partial charge on any atom is 0.305 e. The number of aliphatic carboxylic acids is 1. The fourth-order valence-corrected chi connectivity index (χ4v) is 1.83.